The number of benzene rings is 1. The van der Waals surface area contributed by atoms with Crippen LogP contribution in [0.1, 0.15) is 69.5 Å². The number of aliphatic carboxylic acids is 1. The van der Waals surface area contributed by atoms with E-state index >= 15 is 0 Å². The normalized spacial score (nSPS) is 12.7. The van der Waals surface area contributed by atoms with Gasteiger partial charge in [-0.05, 0) is 49.3 Å². The Morgan fingerprint density at radius 2 is 2.09 bits per heavy atom. The largest absolute Gasteiger partial charge is 0.494 e. The van der Waals surface area contributed by atoms with E-state index in [-0.39, 0.29) is 24.0 Å². The Labute approximate surface area is 191 Å². The molecule has 0 aliphatic heterocycles. The molecular weight excluding hydrogens is 423 g/mol. The fourth-order valence-corrected chi connectivity index (χ4v) is 4.70. The lowest BCUT2D eigenvalue weighted by Crippen LogP contribution is -2.08. The number of pyridine rings is 1. The van der Waals surface area contributed by atoms with E-state index in [1.807, 2.05) is 0 Å². The zero-order valence-electron chi connectivity index (χ0n) is 19.4. The molecule has 0 radical (unpaired) electrons. The fraction of sp³-hybridized carbons (Fsp3) is 0.400. The fourth-order valence-electron chi connectivity index (χ4n) is 4.70. The second-order valence-electron chi connectivity index (χ2n) is 8.66. The maximum Gasteiger partial charge on any atom is 0.303 e. The Morgan fingerprint density at radius 3 is 2.76 bits per heavy atom. The molecule has 0 spiro atoms. The summed E-state index contributed by atoms with van der Waals surface area (Å²) in [7, 11) is 1.46. The molecule has 7 nitrogen and oxygen atoms in total. The van der Waals surface area contributed by atoms with Crippen molar-refractivity contribution < 1.29 is 19.0 Å². The van der Waals surface area contributed by atoms with E-state index in [0.29, 0.717) is 12.1 Å². The number of ether oxygens (including phenoxy) is 1. The number of H-pyrrole nitrogens is 1. The van der Waals surface area contributed by atoms with Gasteiger partial charge < -0.3 is 14.4 Å². The molecule has 0 amide bonds. The number of carboxylic acids is 1. The summed E-state index contributed by atoms with van der Waals surface area (Å²) in [5, 5.41) is 17.1. The van der Waals surface area contributed by atoms with Crippen LogP contribution in [-0.2, 0) is 4.79 Å². The summed E-state index contributed by atoms with van der Waals surface area (Å²) >= 11 is 0. The van der Waals surface area contributed by atoms with Crippen molar-refractivity contribution in [2.45, 2.75) is 58.3 Å². The van der Waals surface area contributed by atoms with Crippen LogP contribution in [0.3, 0.4) is 0 Å². The summed E-state index contributed by atoms with van der Waals surface area (Å²) in [6.45, 7) is 6.38. The predicted molar refractivity (Wildman–Crippen MR) is 126 cm³/mol. The number of nitrogens with one attached hydrogen (secondary N) is 1. The third-order valence-corrected chi connectivity index (χ3v) is 6.20. The maximum atomic E-state index is 14.2. The lowest BCUT2D eigenvalue weighted by atomic mass is 9.87. The number of carbonyl (C=O) groups is 1. The molecule has 2 N–H and O–H groups in total. The molecule has 1 atom stereocenters. The van der Waals surface area contributed by atoms with Gasteiger partial charge in [-0.25, -0.2) is 9.37 Å². The first-order valence-corrected chi connectivity index (χ1v) is 11.3. The Hall–Kier alpha value is -3.42. The van der Waals surface area contributed by atoms with Crippen LogP contribution < -0.4 is 4.74 Å². The zero-order valence-corrected chi connectivity index (χ0v) is 19.4. The lowest BCUT2D eigenvalue weighted by Gasteiger charge is -2.20. The molecule has 0 fully saturated rings. The van der Waals surface area contributed by atoms with Gasteiger partial charge in [0, 0.05) is 34.8 Å². The van der Waals surface area contributed by atoms with Crippen molar-refractivity contribution in [3.05, 3.63) is 47.5 Å². The summed E-state index contributed by atoms with van der Waals surface area (Å²) in [6.07, 6.45) is 4.07. The van der Waals surface area contributed by atoms with E-state index in [4.69, 9.17) is 14.8 Å². The number of halogens is 1. The van der Waals surface area contributed by atoms with Gasteiger partial charge >= 0.3 is 5.97 Å². The van der Waals surface area contributed by atoms with Gasteiger partial charge in [0.15, 0.2) is 17.2 Å². The van der Waals surface area contributed by atoms with Gasteiger partial charge in [-0.15, -0.1) is 0 Å². The molecule has 0 bridgehead atoms. The van der Waals surface area contributed by atoms with Gasteiger partial charge in [-0.2, -0.15) is 5.10 Å². The van der Waals surface area contributed by atoms with Crippen LogP contribution in [0.15, 0.2) is 30.5 Å². The topological polar surface area (TPSA) is 93.0 Å². The van der Waals surface area contributed by atoms with Crippen molar-refractivity contribution in [1.29, 1.82) is 0 Å². The van der Waals surface area contributed by atoms with Gasteiger partial charge in [-0.1, -0.05) is 20.8 Å². The molecule has 4 rings (SSSR count). The van der Waals surface area contributed by atoms with Crippen molar-refractivity contribution >= 4 is 28.0 Å². The van der Waals surface area contributed by atoms with Crippen LogP contribution >= 0.6 is 0 Å². The van der Waals surface area contributed by atoms with Gasteiger partial charge in [0.1, 0.15) is 0 Å². The highest BCUT2D eigenvalue weighted by Crippen LogP contribution is 2.41. The molecule has 0 aliphatic rings. The minimum Gasteiger partial charge on any atom is -0.494 e. The number of fused-ring (bicyclic) bond motifs is 2. The summed E-state index contributed by atoms with van der Waals surface area (Å²) in [5.41, 5.74) is 5.47. The summed E-state index contributed by atoms with van der Waals surface area (Å²) < 4.78 is 21.6. The highest BCUT2D eigenvalue weighted by Gasteiger charge is 2.27. The second-order valence-corrected chi connectivity index (χ2v) is 8.66. The molecule has 1 unspecified atom stereocenters. The third kappa shape index (κ3) is 4.17. The van der Waals surface area contributed by atoms with Crippen LogP contribution in [0.4, 0.5) is 4.39 Å². The number of methoxy groups -OCH3 is 1. The van der Waals surface area contributed by atoms with Crippen LogP contribution in [-0.4, -0.2) is 37.9 Å². The van der Waals surface area contributed by atoms with Crippen LogP contribution in [0.2, 0.25) is 0 Å². The van der Waals surface area contributed by atoms with Crippen molar-refractivity contribution in [3.8, 4) is 11.4 Å². The molecular formula is C25H29FN4O3. The number of nitrogens with zero attached hydrogens (tertiary/aromatic N) is 3. The Balaban J connectivity index is 2.02. The predicted octanol–water partition coefficient (Wildman–Crippen LogP) is 5.92. The average Bonchev–Trinajstić information content (AvgIpc) is 3.37. The number of rotatable bonds is 9. The van der Waals surface area contributed by atoms with E-state index in [1.54, 1.807) is 18.3 Å². The third-order valence-electron chi connectivity index (χ3n) is 6.20. The van der Waals surface area contributed by atoms with Crippen molar-refractivity contribution in [1.82, 2.24) is 19.7 Å². The monoisotopic (exact) mass is 452 g/mol. The van der Waals surface area contributed by atoms with Gasteiger partial charge in [0.2, 0.25) is 0 Å². The van der Waals surface area contributed by atoms with Crippen LogP contribution in [0, 0.1) is 5.82 Å². The molecule has 1 aromatic carbocycles. The van der Waals surface area contributed by atoms with E-state index in [2.05, 4.69) is 41.6 Å². The average molecular weight is 453 g/mol. The Morgan fingerprint density at radius 1 is 1.30 bits per heavy atom. The van der Waals surface area contributed by atoms with Crippen molar-refractivity contribution in [2.75, 3.05) is 7.11 Å². The number of hydrogen-bond acceptors (Lipinski definition) is 4. The van der Waals surface area contributed by atoms with E-state index in [0.717, 1.165) is 46.2 Å². The highest BCUT2D eigenvalue weighted by atomic mass is 19.1. The molecule has 33 heavy (non-hydrogen) atoms. The van der Waals surface area contributed by atoms with Gasteiger partial charge in [-0.3, -0.25) is 9.89 Å². The van der Waals surface area contributed by atoms with Crippen molar-refractivity contribution in [2.24, 2.45) is 0 Å². The Bertz CT molecular complexity index is 1310. The zero-order chi connectivity index (χ0) is 23.7. The molecule has 174 valence electrons. The standard InChI is InChI=1S/C25H29FN4O3/c1-5-15(7-6-8-21(31)32)22-23-19(11-16-13-27-29-25(16)28-23)30(24(22)14(2)3)17-9-10-18(26)20(12-17)33-4/h9-15H,5-8H2,1-4H3,(H,31,32)(H,27,28,29). The minimum absolute atomic E-state index is 0.138. The summed E-state index contributed by atoms with van der Waals surface area (Å²) in [5.74, 6) is -0.737. The number of aromatic amines is 1. The Kier molecular flexibility index (Phi) is 6.35. The first-order valence-electron chi connectivity index (χ1n) is 11.3. The maximum absolute atomic E-state index is 14.2. The second kappa shape index (κ2) is 9.21. The van der Waals surface area contributed by atoms with Crippen LogP contribution in [0.25, 0.3) is 27.8 Å². The van der Waals surface area contributed by atoms with E-state index in [1.165, 1.54) is 13.2 Å². The summed E-state index contributed by atoms with van der Waals surface area (Å²) in [4.78, 5) is 16.1. The molecule has 0 saturated heterocycles. The van der Waals surface area contributed by atoms with E-state index < -0.39 is 11.8 Å². The number of carboxylic acid groups (broad SMARTS) is 1. The number of aromatic nitrogens is 4. The first kappa shape index (κ1) is 22.8. The SMILES string of the molecule is CCC(CCCC(=O)O)c1c(C(C)C)n(-c2ccc(F)c(OC)c2)c2cc3cn[nH]c3nc12. The molecule has 3 aromatic heterocycles. The molecule has 0 saturated carbocycles. The lowest BCUT2D eigenvalue weighted by molar-refractivity contribution is -0.137. The molecule has 4 aromatic rings. The minimum atomic E-state index is -0.785. The van der Waals surface area contributed by atoms with E-state index in [9.17, 15) is 9.18 Å². The molecule has 0 aliphatic carbocycles. The quantitative estimate of drug-likeness (QED) is 0.329. The van der Waals surface area contributed by atoms with Gasteiger partial charge in [0.05, 0.1) is 24.3 Å². The van der Waals surface area contributed by atoms with Crippen molar-refractivity contribution in [3.63, 3.8) is 0 Å². The first-order chi connectivity index (χ1) is 15.8. The van der Waals surface area contributed by atoms with Gasteiger partial charge in [0.25, 0.3) is 0 Å². The summed E-state index contributed by atoms with van der Waals surface area (Å²) in [6, 6.07) is 6.92. The van der Waals surface area contributed by atoms with Crippen LogP contribution in [0.5, 0.6) is 5.75 Å². The number of hydrogen-bond donors (Lipinski definition) is 2. The smallest absolute Gasteiger partial charge is 0.303 e. The molecule has 8 heteroatoms. The molecule has 3 heterocycles. The highest BCUT2D eigenvalue weighted by molar-refractivity contribution is 5.93.